The number of carbonyl (C=O) groups is 2. The van der Waals surface area contributed by atoms with E-state index in [1.165, 1.54) is 42.5 Å². The summed E-state index contributed by atoms with van der Waals surface area (Å²) in [5, 5.41) is 20.1. The third-order valence-electron chi connectivity index (χ3n) is 3.22. The molecule has 0 bridgehead atoms. The minimum absolute atomic E-state index is 0.0321. The molecule has 8 nitrogen and oxygen atoms in total. The quantitative estimate of drug-likeness (QED) is 0.662. The molecule has 0 aliphatic rings. The second kappa shape index (κ2) is 6.14. The molecule has 2 aromatic carbocycles. The van der Waals surface area contributed by atoms with Crippen LogP contribution in [0, 0.1) is 17.0 Å². The van der Waals surface area contributed by atoms with E-state index >= 15 is 0 Å². The van der Waals surface area contributed by atoms with Crippen molar-refractivity contribution >= 4 is 29.1 Å². The number of hydrogen-bond donors (Lipinski definition) is 2. The Morgan fingerprint density at radius 2 is 1.83 bits per heavy atom. The Labute approximate surface area is 130 Å². The number of rotatable bonds is 4. The van der Waals surface area contributed by atoms with Gasteiger partial charge < -0.3 is 10.8 Å². The number of urea groups is 1. The molecular weight excluding hydrogens is 302 g/mol. The summed E-state index contributed by atoms with van der Waals surface area (Å²) >= 11 is 0. The van der Waals surface area contributed by atoms with Crippen molar-refractivity contribution in [1.29, 1.82) is 0 Å². The monoisotopic (exact) mass is 315 g/mol. The lowest BCUT2D eigenvalue weighted by atomic mass is 10.1. The number of benzene rings is 2. The molecule has 0 fully saturated rings. The zero-order valence-electron chi connectivity index (χ0n) is 12.1. The highest BCUT2D eigenvalue weighted by molar-refractivity contribution is 6.00. The number of aryl methyl sites for hydroxylation is 1. The normalized spacial score (nSPS) is 10.1. The first-order valence-electron chi connectivity index (χ1n) is 6.49. The van der Waals surface area contributed by atoms with E-state index in [4.69, 9.17) is 10.8 Å². The topological polar surface area (TPSA) is 127 Å². The second-order valence-electron chi connectivity index (χ2n) is 4.76. The summed E-state index contributed by atoms with van der Waals surface area (Å²) in [6, 6.07) is 8.89. The third kappa shape index (κ3) is 3.26. The van der Waals surface area contributed by atoms with Gasteiger partial charge in [-0.15, -0.1) is 0 Å². The summed E-state index contributed by atoms with van der Waals surface area (Å²) < 4.78 is 0. The molecule has 2 aromatic rings. The number of carbonyl (C=O) groups excluding carboxylic acids is 1. The maximum Gasteiger partial charge on any atom is 0.335 e. The number of amides is 2. The number of nitrogens with two attached hydrogens (primary N) is 1. The zero-order chi connectivity index (χ0) is 17.1. The lowest BCUT2D eigenvalue weighted by Crippen LogP contribution is -2.31. The van der Waals surface area contributed by atoms with E-state index in [1.54, 1.807) is 6.92 Å². The van der Waals surface area contributed by atoms with Crippen LogP contribution in [-0.4, -0.2) is 22.0 Å². The van der Waals surface area contributed by atoms with Crippen LogP contribution in [0.15, 0.2) is 42.5 Å². The van der Waals surface area contributed by atoms with Crippen LogP contribution >= 0.6 is 0 Å². The molecule has 2 amide bonds. The second-order valence-corrected chi connectivity index (χ2v) is 4.76. The molecular formula is C15H13N3O5. The fourth-order valence-corrected chi connectivity index (χ4v) is 2.12. The van der Waals surface area contributed by atoms with Crippen LogP contribution < -0.4 is 10.6 Å². The van der Waals surface area contributed by atoms with Gasteiger partial charge in [-0.3, -0.25) is 15.0 Å². The third-order valence-corrected chi connectivity index (χ3v) is 3.22. The number of primary amides is 1. The number of hydrogen-bond acceptors (Lipinski definition) is 4. The summed E-state index contributed by atoms with van der Waals surface area (Å²) in [5.41, 5.74) is 5.98. The van der Waals surface area contributed by atoms with Crippen molar-refractivity contribution in [3.8, 4) is 0 Å². The fraction of sp³-hybridized carbons (Fsp3) is 0.0667. The van der Waals surface area contributed by atoms with Crippen LogP contribution in [0.5, 0.6) is 0 Å². The molecule has 0 aliphatic carbocycles. The van der Waals surface area contributed by atoms with Crippen molar-refractivity contribution in [1.82, 2.24) is 0 Å². The Hall–Kier alpha value is -3.42. The maximum absolute atomic E-state index is 11.8. The molecule has 0 unspecified atom stereocenters. The maximum atomic E-state index is 11.8. The average Bonchev–Trinajstić information content (AvgIpc) is 2.48. The van der Waals surface area contributed by atoms with Gasteiger partial charge in [-0.2, -0.15) is 0 Å². The average molecular weight is 315 g/mol. The van der Waals surface area contributed by atoms with Gasteiger partial charge in [0.2, 0.25) is 0 Å². The van der Waals surface area contributed by atoms with Crippen LogP contribution in [-0.2, 0) is 0 Å². The molecule has 23 heavy (non-hydrogen) atoms. The van der Waals surface area contributed by atoms with Crippen LogP contribution in [0.1, 0.15) is 15.9 Å². The van der Waals surface area contributed by atoms with Crippen molar-refractivity contribution in [3.05, 3.63) is 63.7 Å². The van der Waals surface area contributed by atoms with Crippen LogP contribution in [0.25, 0.3) is 0 Å². The van der Waals surface area contributed by atoms with Gasteiger partial charge in [-0.1, -0.05) is 12.1 Å². The molecule has 0 atom stereocenters. The highest BCUT2D eigenvalue weighted by Crippen LogP contribution is 2.30. The summed E-state index contributed by atoms with van der Waals surface area (Å²) in [7, 11) is 0. The summed E-state index contributed by atoms with van der Waals surface area (Å²) in [6.45, 7) is 1.57. The minimum Gasteiger partial charge on any atom is -0.478 e. The van der Waals surface area contributed by atoms with E-state index < -0.39 is 16.9 Å². The first-order chi connectivity index (χ1) is 10.8. The number of anilines is 2. The molecule has 0 saturated carbocycles. The van der Waals surface area contributed by atoms with Gasteiger partial charge in [-0.25, -0.2) is 9.59 Å². The minimum atomic E-state index is -1.16. The van der Waals surface area contributed by atoms with E-state index in [0.29, 0.717) is 5.56 Å². The Kier molecular flexibility index (Phi) is 4.26. The van der Waals surface area contributed by atoms with E-state index in [-0.39, 0.29) is 22.6 Å². The van der Waals surface area contributed by atoms with E-state index in [2.05, 4.69) is 0 Å². The van der Waals surface area contributed by atoms with Gasteiger partial charge in [0.25, 0.3) is 5.69 Å². The molecule has 0 heterocycles. The molecule has 0 radical (unpaired) electrons. The van der Waals surface area contributed by atoms with Gasteiger partial charge in [0.05, 0.1) is 21.9 Å². The Balaban J connectivity index is 2.58. The Morgan fingerprint density at radius 1 is 1.17 bits per heavy atom. The molecule has 0 aromatic heterocycles. The van der Waals surface area contributed by atoms with E-state index in [0.717, 1.165) is 4.90 Å². The Bertz CT molecular complexity index is 803. The lowest BCUT2D eigenvalue weighted by Gasteiger charge is -2.21. The van der Waals surface area contributed by atoms with E-state index in [1.807, 2.05) is 0 Å². The zero-order valence-corrected chi connectivity index (χ0v) is 12.1. The summed E-state index contributed by atoms with van der Waals surface area (Å²) in [5.74, 6) is -1.16. The predicted molar refractivity (Wildman–Crippen MR) is 83.0 cm³/mol. The Morgan fingerprint density at radius 3 is 2.39 bits per heavy atom. The van der Waals surface area contributed by atoms with E-state index in [9.17, 15) is 19.7 Å². The number of nitro groups is 1. The molecule has 2 rings (SSSR count). The summed E-state index contributed by atoms with van der Waals surface area (Å²) in [4.78, 5) is 34.3. The van der Waals surface area contributed by atoms with Crippen molar-refractivity contribution in [2.24, 2.45) is 5.73 Å². The predicted octanol–water partition coefficient (Wildman–Crippen LogP) is 2.82. The van der Waals surface area contributed by atoms with Crippen molar-refractivity contribution in [3.63, 3.8) is 0 Å². The lowest BCUT2D eigenvalue weighted by molar-refractivity contribution is -0.385. The highest BCUT2D eigenvalue weighted by Gasteiger charge is 2.20. The largest absolute Gasteiger partial charge is 0.478 e. The number of carboxylic acid groups (broad SMARTS) is 1. The molecule has 0 aliphatic heterocycles. The first kappa shape index (κ1) is 16.0. The van der Waals surface area contributed by atoms with Crippen LogP contribution in [0.3, 0.4) is 0 Å². The standard InChI is InChI=1S/C15H13N3O5/c1-9-5-6-12(8-13(9)18(22)23)17(15(16)21)11-4-2-3-10(7-11)14(19)20/h2-8H,1H3,(H2,16,21)(H,19,20). The van der Waals surface area contributed by atoms with Crippen LogP contribution in [0.2, 0.25) is 0 Å². The number of carboxylic acids is 1. The highest BCUT2D eigenvalue weighted by atomic mass is 16.6. The summed E-state index contributed by atoms with van der Waals surface area (Å²) in [6.07, 6.45) is 0. The van der Waals surface area contributed by atoms with Gasteiger partial charge >= 0.3 is 12.0 Å². The molecule has 3 N–H and O–H groups in total. The van der Waals surface area contributed by atoms with Gasteiger partial charge in [0.15, 0.2) is 0 Å². The van der Waals surface area contributed by atoms with Crippen molar-refractivity contribution in [2.75, 3.05) is 4.90 Å². The van der Waals surface area contributed by atoms with Crippen molar-refractivity contribution in [2.45, 2.75) is 6.92 Å². The number of nitrogens with zero attached hydrogens (tertiary/aromatic N) is 2. The van der Waals surface area contributed by atoms with Gasteiger partial charge in [-0.05, 0) is 31.2 Å². The molecule has 0 saturated heterocycles. The number of nitro benzene ring substituents is 1. The molecule has 0 spiro atoms. The van der Waals surface area contributed by atoms with Crippen LogP contribution in [0.4, 0.5) is 21.9 Å². The molecule has 118 valence electrons. The van der Waals surface area contributed by atoms with Gasteiger partial charge in [0.1, 0.15) is 0 Å². The first-order valence-corrected chi connectivity index (χ1v) is 6.49. The molecule has 8 heteroatoms. The smallest absolute Gasteiger partial charge is 0.335 e. The fourth-order valence-electron chi connectivity index (χ4n) is 2.12. The van der Waals surface area contributed by atoms with Crippen molar-refractivity contribution < 1.29 is 19.6 Å². The number of aromatic carboxylic acids is 1. The SMILES string of the molecule is Cc1ccc(N(C(N)=O)c2cccc(C(=O)O)c2)cc1[N+](=O)[O-]. The van der Waals surface area contributed by atoms with Gasteiger partial charge in [0, 0.05) is 11.6 Å².